The molecule has 5 heteroatoms. The fourth-order valence-corrected chi connectivity index (χ4v) is 2.35. The highest BCUT2D eigenvalue weighted by Gasteiger charge is 2.08. The fourth-order valence-electron chi connectivity index (χ4n) is 2.18. The fraction of sp³-hybridized carbons (Fsp3) is 0.0588. The second-order valence-electron chi connectivity index (χ2n) is 4.86. The molecule has 4 nitrogen and oxygen atoms in total. The van der Waals surface area contributed by atoms with Gasteiger partial charge < -0.3 is 5.32 Å². The van der Waals surface area contributed by atoms with Gasteiger partial charge in [0.05, 0.1) is 5.56 Å². The first-order valence-electron chi connectivity index (χ1n) is 6.93. The molecule has 0 spiro atoms. The Morgan fingerprint density at radius 2 is 1.68 bits per heavy atom. The van der Waals surface area contributed by atoms with Crippen LogP contribution >= 0.6 is 12.2 Å². The normalized spacial score (nSPS) is 10.4. The monoisotopic (exact) mass is 309 g/mol. The van der Waals surface area contributed by atoms with Crippen molar-refractivity contribution in [2.75, 3.05) is 0 Å². The number of nitrogens with one attached hydrogen (secondary N) is 2. The van der Waals surface area contributed by atoms with Crippen LogP contribution in [-0.4, -0.2) is 14.9 Å². The average molecular weight is 309 g/mol. The van der Waals surface area contributed by atoms with Crippen molar-refractivity contribution in [2.24, 2.45) is 0 Å². The number of aromatic nitrogens is 2. The molecule has 1 aromatic heterocycles. The lowest BCUT2D eigenvalue weighted by atomic mass is 10.1. The summed E-state index contributed by atoms with van der Waals surface area (Å²) in [4.78, 5) is 12.1. The van der Waals surface area contributed by atoms with Crippen LogP contribution in [-0.2, 0) is 6.54 Å². The molecule has 0 aliphatic heterocycles. The number of H-pyrrole nitrogens is 1. The molecule has 2 N–H and O–H groups in total. The first-order valence-corrected chi connectivity index (χ1v) is 7.34. The highest BCUT2D eigenvalue weighted by Crippen LogP contribution is 2.13. The van der Waals surface area contributed by atoms with Crippen LogP contribution in [0.1, 0.15) is 5.56 Å². The lowest BCUT2D eigenvalue weighted by Gasteiger charge is -2.08. The number of benzene rings is 2. The Labute approximate surface area is 133 Å². The molecule has 2 aromatic carbocycles. The molecule has 0 saturated carbocycles. The highest BCUT2D eigenvalue weighted by molar-refractivity contribution is 7.80. The average Bonchev–Trinajstić information content (AvgIpc) is 2.96. The third-order valence-corrected chi connectivity index (χ3v) is 3.66. The van der Waals surface area contributed by atoms with Crippen molar-refractivity contribution in [2.45, 2.75) is 6.54 Å². The molecule has 0 aliphatic carbocycles. The second kappa shape index (κ2) is 6.41. The van der Waals surface area contributed by atoms with Crippen LogP contribution in [0.3, 0.4) is 0 Å². The Bertz CT molecular complexity index is 822. The maximum Gasteiger partial charge on any atom is 0.272 e. The van der Waals surface area contributed by atoms with Crippen molar-refractivity contribution >= 4 is 17.3 Å². The number of nitrogens with zero attached hydrogens (tertiary/aromatic N) is 1. The molecule has 3 aromatic rings. The summed E-state index contributed by atoms with van der Waals surface area (Å²) in [7, 11) is 0. The van der Waals surface area contributed by atoms with Gasteiger partial charge in [-0.1, -0.05) is 60.7 Å². The van der Waals surface area contributed by atoms with E-state index in [4.69, 9.17) is 12.2 Å². The summed E-state index contributed by atoms with van der Waals surface area (Å²) in [6, 6.07) is 19.5. The molecule has 0 radical (unpaired) electrons. The molecule has 0 amide bonds. The third-order valence-electron chi connectivity index (χ3n) is 3.31. The van der Waals surface area contributed by atoms with Crippen LogP contribution in [0.25, 0.3) is 11.1 Å². The van der Waals surface area contributed by atoms with Gasteiger partial charge in [0.1, 0.15) is 0 Å². The number of hydrogen-bond acceptors (Lipinski definition) is 2. The summed E-state index contributed by atoms with van der Waals surface area (Å²) >= 11 is 5.32. The predicted octanol–water partition coefficient (Wildman–Crippen LogP) is 2.77. The summed E-state index contributed by atoms with van der Waals surface area (Å²) < 4.78 is 1.54. The molecule has 110 valence electrons. The summed E-state index contributed by atoms with van der Waals surface area (Å²) in [6.07, 6.45) is 1.72. The maximum absolute atomic E-state index is 12.1. The Hall–Kier alpha value is -2.66. The van der Waals surface area contributed by atoms with Gasteiger partial charge in [0.15, 0.2) is 5.11 Å². The summed E-state index contributed by atoms with van der Waals surface area (Å²) in [5, 5.41) is 6.33. The van der Waals surface area contributed by atoms with E-state index < -0.39 is 0 Å². The summed E-state index contributed by atoms with van der Waals surface area (Å²) in [6.45, 7) is 0.612. The van der Waals surface area contributed by atoms with E-state index in [1.807, 2.05) is 60.7 Å². The molecule has 0 aliphatic rings. The standard InChI is InChI=1S/C17H15N3OS/c21-16-15(14-9-5-2-6-10-14)12-20(19-16)17(22)18-11-13-7-3-1-4-8-13/h1-10,12H,11H2,(H,18,22)(H,19,21). The van der Waals surface area contributed by atoms with E-state index in [1.165, 1.54) is 0 Å². The Kier molecular flexibility index (Phi) is 4.16. The molecule has 0 unspecified atom stereocenters. The first-order chi connectivity index (χ1) is 10.7. The Morgan fingerprint density at radius 1 is 1.05 bits per heavy atom. The van der Waals surface area contributed by atoms with Crippen molar-refractivity contribution < 1.29 is 0 Å². The molecule has 1 heterocycles. The van der Waals surface area contributed by atoms with Crippen LogP contribution in [0, 0.1) is 0 Å². The minimum absolute atomic E-state index is 0.157. The molecule has 3 rings (SSSR count). The van der Waals surface area contributed by atoms with Gasteiger partial charge >= 0.3 is 0 Å². The lowest BCUT2D eigenvalue weighted by molar-refractivity contribution is 0.828. The highest BCUT2D eigenvalue weighted by atomic mass is 32.1. The minimum atomic E-state index is -0.157. The van der Waals surface area contributed by atoms with Crippen molar-refractivity contribution in [3.8, 4) is 11.1 Å². The zero-order valence-electron chi connectivity index (χ0n) is 11.8. The molecule has 0 fully saturated rings. The number of thiocarbonyl (C=S) groups is 1. The number of rotatable bonds is 3. The van der Waals surface area contributed by atoms with E-state index in [0.717, 1.165) is 11.1 Å². The molecular formula is C17H15N3OS. The van der Waals surface area contributed by atoms with E-state index in [-0.39, 0.29) is 5.56 Å². The molecule has 0 atom stereocenters. The van der Waals surface area contributed by atoms with E-state index >= 15 is 0 Å². The lowest BCUT2D eigenvalue weighted by Crippen LogP contribution is -2.29. The van der Waals surface area contributed by atoms with Crippen molar-refractivity contribution in [3.63, 3.8) is 0 Å². The summed E-state index contributed by atoms with van der Waals surface area (Å²) in [5.74, 6) is 0. The predicted molar refractivity (Wildman–Crippen MR) is 91.8 cm³/mol. The maximum atomic E-state index is 12.1. The van der Waals surface area contributed by atoms with Gasteiger partial charge in [-0.3, -0.25) is 9.89 Å². The van der Waals surface area contributed by atoms with Crippen molar-refractivity contribution in [1.82, 2.24) is 15.1 Å². The van der Waals surface area contributed by atoms with Gasteiger partial charge in [-0.2, -0.15) is 0 Å². The van der Waals surface area contributed by atoms with Crippen LogP contribution in [0.5, 0.6) is 0 Å². The molecule has 0 saturated heterocycles. The van der Waals surface area contributed by atoms with Crippen LogP contribution in [0.15, 0.2) is 71.7 Å². The zero-order chi connectivity index (χ0) is 15.4. The van der Waals surface area contributed by atoms with Crippen molar-refractivity contribution in [1.29, 1.82) is 0 Å². The molecule has 0 bridgehead atoms. The Morgan fingerprint density at radius 3 is 2.36 bits per heavy atom. The van der Waals surface area contributed by atoms with Gasteiger partial charge in [-0.05, 0) is 23.3 Å². The van der Waals surface area contributed by atoms with Crippen LogP contribution < -0.4 is 10.9 Å². The molecule has 22 heavy (non-hydrogen) atoms. The van der Waals surface area contributed by atoms with Gasteiger partial charge in [0.25, 0.3) is 5.56 Å². The minimum Gasteiger partial charge on any atom is -0.357 e. The van der Waals surface area contributed by atoms with E-state index in [1.54, 1.807) is 10.9 Å². The third kappa shape index (κ3) is 3.15. The topological polar surface area (TPSA) is 49.8 Å². The number of aromatic amines is 1. The van der Waals surface area contributed by atoms with Crippen LogP contribution in [0.4, 0.5) is 0 Å². The molecular weight excluding hydrogens is 294 g/mol. The Balaban J connectivity index is 1.75. The second-order valence-corrected chi connectivity index (χ2v) is 5.25. The van der Waals surface area contributed by atoms with E-state index in [9.17, 15) is 4.79 Å². The van der Waals surface area contributed by atoms with Crippen molar-refractivity contribution in [3.05, 3.63) is 82.8 Å². The first kappa shape index (κ1) is 14.3. The smallest absolute Gasteiger partial charge is 0.272 e. The largest absolute Gasteiger partial charge is 0.357 e. The van der Waals surface area contributed by atoms with Crippen LogP contribution in [0.2, 0.25) is 0 Å². The number of hydrogen-bond donors (Lipinski definition) is 2. The quantitative estimate of drug-likeness (QED) is 0.732. The SMILES string of the molecule is O=c1[nH]n(C(=S)NCc2ccccc2)cc1-c1ccccc1. The van der Waals surface area contributed by atoms with E-state index in [0.29, 0.717) is 17.2 Å². The van der Waals surface area contributed by atoms with Gasteiger partial charge in [-0.25, -0.2) is 4.68 Å². The summed E-state index contributed by atoms with van der Waals surface area (Å²) in [5.41, 5.74) is 2.44. The van der Waals surface area contributed by atoms with E-state index in [2.05, 4.69) is 10.4 Å². The van der Waals surface area contributed by atoms with Gasteiger partial charge in [0.2, 0.25) is 0 Å². The van der Waals surface area contributed by atoms with Gasteiger partial charge in [-0.15, -0.1) is 0 Å². The zero-order valence-corrected chi connectivity index (χ0v) is 12.6. The van der Waals surface area contributed by atoms with Gasteiger partial charge in [0, 0.05) is 12.7 Å².